The normalized spacial score (nSPS) is 16.9. The van der Waals surface area contributed by atoms with Crippen molar-refractivity contribution in [3.63, 3.8) is 0 Å². The first-order valence-corrected chi connectivity index (χ1v) is 12.8. The summed E-state index contributed by atoms with van der Waals surface area (Å²) in [6.07, 6.45) is 3.87. The highest BCUT2D eigenvalue weighted by Gasteiger charge is 2.32. The Morgan fingerprint density at radius 1 is 0.971 bits per heavy atom. The van der Waals surface area contributed by atoms with E-state index in [-0.39, 0.29) is 11.6 Å². The smallest absolute Gasteiger partial charge is 0.271 e. The third-order valence-corrected chi connectivity index (χ3v) is 7.96. The number of hydrogen-bond donors (Lipinski definition) is 0. The van der Waals surface area contributed by atoms with E-state index in [0.717, 1.165) is 40.2 Å². The molecule has 1 unspecified atom stereocenters. The molecule has 1 aliphatic heterocycles. The molecule has 6 rings (SSSR count). The van der Waals surface area contributed by atoms with E-state index in [1.54, 1.807) is 0 Å². The van der Waals surface area contributed by atoms with Crippen molar-refractivity contribution in [2.24, 2.45) is 4.99 Å². The second kappa shape index (κ2) is 8.51. The molecule has 1 atom stereocenters. The Morgan fingerprint density at radius 2 is 1.71 bits per heavy atom. The van der Waals surface area contributed by atoms with Gasteiger partial charge in [-0.25, -0.2) is 4.99 Å². The van der Waals surface area contributed by atoms with Gasteiger partial charge in [-0.15, -0.1) is 0 Å². The summed E-state index contributed by atoms with van der Waals surface area (Å²) in [5.74, 6) is 0. The van der Waals surface area contributed by atoms with Crippen molar-refractivity contribution < 1.29 is 0 Å². The molecule has 0 saturated carbocycles. The first kappa shape index (κ1) is 21.8. The molecule has 4 nitrogen and oxygen atoms in total. The summed E-state index contributed by atoms with van der Waals surface area (Å²) in [6.45, 7) is 2.10. The van der Waals surface area contributed by atoms with E-state index < -0.39 is 0 Å². The van der Waals surface area contributed by atoms with Crippen molar-refractivity contribution in [3.05, 3.63) is 126 Å². The van der Waals surface area contributed by atoms with Crippen LogP contribution in [0.25, 0.3) is 11.8 Å². The van der Waals surface area contributed by atoms with Crippen LogP contribution in [-0.2, 0) is 6.42 Å². The summed E-state index contributed by atoms with van der Waals surface area (Å²) in [6, 6.07) is 25.3. The standard InChI is InChI=1S/C30H27N3OS/c1-19-8-12-22(13-9-19)28-25-17-14-21-6-4-5-7-24(21)27(25)31-30-33(28)29(34)26(35-30)18-20-10-15-23(16-11-20)32(2)3/h4-13,15-16,18,28H,14,17H2,1-3H3. The Hall–Kier alpha value is -3.70. The van der Waals surface area contributed by atoms with E-state index in [0.29, 0.717) is 4.53 Å². The van der Waals surface area contributed by atoms with Crippen LogP contribution in [0.3, 0.4) is 0 Å². The van der Waals surface area contributed by atoms with Gasteiger partial charge in [0.1, 0.15) is 0 Å². The summed E-state index contributed by atoms with van der Waals surface area (Å²) in [4.78, 5) is 21.8. The van der Waals surface area contributed by atoms with Gasteiger partial charge in [0.05, 0.1) is 16.3 Å². The minimum Gasteiger partial charge on any atom is -0.378 e. The number of rotatable bonds is 3. The molecule has 1 aliphatic carbocycles. The average Bonchev–Trinajstić information content (AvgIpc) is 3.18. The molecule has 0 amide bonds. The number of nitrogens with zero attached hydrogens (tertiary/aromatic N) is 3. The highest BCUT2D eigenvalue weighted by molar-refractivity contribution is 7.07. The number of benzene rings is 3. The van der Waals surface area contributed by atoms with Crippen molar-refractivity contribution >= 4 is 28.8 Å². The van der Waals surface area contributed by atoms with E-state index in [1.165, 1.54) is 33.6 Å². The minimum absolute atomic E-state index is 0.0291. The number of fused-ring (bicyclic) bond motifs is 3. The Balaban J connectivity index is 1.57. The molecular formula is C30H27N3OS. The van der Waals surface area contributed by atoms with Gasteiger partial charge in [-0.2, -0.15) is 0 Å². The lowest BCUT2D eigenvalue weighted by atomic mass is 9.83. The number of aryl methyl sites for hydroxylation is 2. The predicted octanol–water partition coefficient (Wildman–Crippen LogP) is 4.69. The van der Waals surface area contributed by atoms with Crippen LogP contribution in [0.5, 0.6) is 0 Å². The highest BCUT2D eigenvalue weighted by atomic mass is 32.1. The third kappa shape index (κ3) is 3.76. The lowest BCUT2D eigenvalue weighted by Gasteiger charge is -2.30. The van der Waals surface area contributed by atoms with Crippen molar-refractivity contribution in [2.75, 3.05) is 19.0 Å². The lowest BCUT2D eigenvalue weighted by molar-refractivity contribution is 0.585. The molecule has 0 fully saturated rings. The fourth-order valence-electron chi connectivity index (χ4n) is 5.09. The predicted molar refractivity (Wildman–Crippen MR) is 145 cm³/mol. The van der Waals surface area contributed by atoms with Crippen molar-refractivity contribution in [1.82, 2.24) is 4.57 Å². The Labute approximate surface area is 208 Å². The van der Waals surface area contributed by atoms with Gasteiger partial charge in [0.25, 0.3) is 5.56 Å². The summed E-state index contributed by atoms with van der Waals surface area (Å²) < 4.78 is 2.63. The highest BCUT2D eigenvalue weighted by Crippen LogP contribution is 2.41. The number of aromatic nitrogens is 1. The van der Waals surface area contributed by atoms with Gasteiger partial charge >= 0.3 is 0 Å². The quantitative estimate of drug-likeness (QED) is 0.429. The lowest BCUT2D eigenvalue weighted by Crippen LogP contribution is -2.38. The van der Waals surface area contributed by atoms with E-state index in [2.05, 4.69) is 84.6 Å². The first-order valence-electron chi connectivity index (χ1n) is 12.0. The topological polar surface area (TPSA) is 37.6 Å². The van der Waals surface area contributed by atoms with Gasteiger partial charge in [-0.1, -0.05) is 77.6 Å². The molecule has 2 aliphatic rings. The van der Waals surface area contributed by atoms with Gasteiger partial charge in [-0.3, -0.25) is 9.36 Å². The molecule has 35 heavy (non-hydrogen) atoms. The van der Waals surface area contributed by atoms with Gasteiger partial charge in [0, 0.05) is 25.3 Å². The molecule has 0 radical (unpaired) electrons. The minimum atomic E-state index is -0.131. The number of hydrogen-bond acceptors (Lipinski definition) is 4. The zero-order chi connectivity index (χ0) is 24.1. The van der Waals surface area contributed by atoms with Crippen LogP contribution < -0.4 is 19.8 Å². The summed E-state index contributed by atoms with van der Waals surface area (Å²) >= 11 is 1.48. The number of anilines is 1. The summed E-state index contributed by atoms with van der Waals surface area (Å²) in [5, 5.41) is 0. The van der Waals surface area contributed by atoms with E-state index in [4.69, 9.17) is 4.99 Å². The van der Waals surface area contributed by atoms with Crippen LogP contribution in [0.1, 0.15) is 40.3 Å². The zero-order valence-electron chi connectivity index (χ0n) is 20.2. The van der Waals surface area contributed by atoms with Crippen LogP contribution in [0.4, 0.5) is 5.69 Å². The summed E-state index contributed by atoms with van der Waals surface area (Å²) in [5.41, 5.74) is 9.34. The van der Waals surface area contributed by atoms with Crippen LogP contribution in [0.2, 0.25) is 0 Å². The maximum Gasteiger partial charge on any atom is 0.271 e. The Bertz CT molecular complexity index is 1640. The average molecular weight is 478 g/mol. The SMILES string of the molecule is Cc1ccc(C2C3=C(N=c4sc(=Cc5ccc(N(C)C)cc5)c(=O)n42)c2ccccc2CC3)cc1. The molecule has 2 heterocycles. The molecule has 3 aromatic carbocycles. The van der Waals surface area contributed by atoms with E-state index in [9.17, 15) is 4.79 Å². The Kier molecular flexibility index (Phi) is 5.30. The van der Waals surface area contributed by atoms with E-state index in [1.807, 2.05) is 24.7 Å². The van der Waals surface area contributed by atoms with E-state index >= 15 is 0 Å². The molecule has 0 bridgehead atoms. The zero-order valence-corrected chi connectivity index (χ0v) is 21.0. The molecule has 0 saturated heterocycles. The number of thiazole rings is 1. The molecule has 5 heteroatoms. The molecule has 0 spiro atoms. The maximum atomic E-state index is 13.8. The van der Waals surface area contributed by atoms with Gasteiger partial charge in [0.15, 0.2) is 4.80 Å². The fraction of sp³-hybridized carbons (Fsp3) is 0.200. The molecule has 0 N–H and O–H groups in total. The van der Waals surface area contributed by atoms with Gasteiger partial charge in [0.2, 0.25) is 0 Å². The van der Waals surface area contributed by atoms with Crippen LogP contribution in [0, 0.1) is 6.92 Å². The van der Waals surface area contributed by atoms with Crippen molar-refractivity contribution in [2.45, 2.75) is 25.8 Å². The summed E-state index contributed by atoms with van der Waals surface area (Å²) in [7, 11) is 4.05. The molecular weight excluding hydrogens is 450 g/mol. The monoisotopic (exact) mass is 477 g/mol. The largest absolute Gasteiger partial charge is 0.378 e. The van der Waals surface area contributed by atoms with Crippen LogP contribution >= 0.6 is 11.3 Å². The Morgan fingerprint density at radius 3 is 2.46 bits per heavy atom. The van der Waals surface area contributed by atoms with Crippen molar-refractivity contribution in [1.29, 1.82) is 0 Å². The second-order valence-electron chi connectivity index (χ2n) is 9.51. The van der Waals surface area contributed by atoms with Gasteiger partial charge < -0.3 is 4.90 Å². The van der Waals surface area contributed by atoms with Gasteiger partial charge in [-0.05, 0) is 60.2 Å². The molecule has 174 valence electrons. The third-order valence-electron chi connectivity index (χ3n) is 6.97. The fourth-order valence-corrected chi connectivity index (χ4v) is 6.09. The van der Waals surface area contributed by atoms with Crippen LogP contribution in [-0.4, -0.2) is 18.7 Å². The number of allylic oxidation sites excluding steroid dienone is 1. The van der Waals surface area contributed by atoms with Crippen molar-refractivity contribution in [3.8, 4) is 0 Å². The molecule has 4 aromatic rings. The molecule has 1 aromatic heterocycles. The van der Waals surface area contributed by atoms with Crippen LogP contribution in [0.15, 0.2) is 88.2 Å². The second-order valence-corrected chi connectivity index (χ2v) is 10.5. The first-order chi connectivity index (χ1) is 17.0. The maximum absolute atomic E-state index is 13.8.